The quantitative estimate of drug-likeness (QED) is 0.380. The van der Waals surface area contributed by atoms with E-state index in [9.17, 15) is 4.79 Å². The predicted molar refractivity (Wildman–Crippen MR) is 92.5 cm³/mol. The Hall–Kier alpha value is -0.320. The molecule has 0 bridgehead atoms. The Morgan fingerprint density at radius 1 is 0.762 bits per heavy atom. The third-order valence-corrected chi connectivity index (χ3v) is 3.46. The molecule has 0 aromatic heterocycles. The molecule has 0 aromatic carbocycles. The summed E-state index contributed by atoms with van der Waals surface area (Å²) >= 11 is 0. The fourth-order valence-electron chi connectivity index (χ4n) is 2.23. The van der Waals surface area contributed by atoms with Crippen LogP contribution in [0.25, 0.3) is 0 Å². The van der Waals surface area contributed by atoms with E-state index in [4.69, 9.17) is 5.11 Å². The van der Waals surface area contributed by atoms with Gasteiger partial charge in [-0.15, -0.1) is 12.4 Å². The van der Waals surface area contributed by atoms with Gasteiger partial charge in [0, 0.05) is 13.1 Å². The van der Waals surface area contributed by atoms with Gasteiger partial charge in [-0.05, 0) is 13.0 Å². The molecule has 0 aromatic rings. The number of rotatable bonds is 16. The molecule has 0 saturated carbocycles. The van der Waals surface area contributed by atoms with Gasteiger partial charge in [0.15, 0.2) is 0 Å². The van der Waals surface area contributed by atoms with E-state index in [0.717, 1.165) is 19.6 Å². The van der Waals surface area contributed by atoms with Gasteiger partial charge >= 0.3 is 5.97 Å². The van der Waals surface area contributed by atoms with E-state index in [0.29, 0.717) is 0 Å². The second-order valence-corrected chi connectivity index (χ2v) is 5.50. The zero-order valence-corrected chi connectivity index (χ0v) is 14.5. The summed E-state index contributed by atoms with van der Waals surface area (Å²) in [4.78, 5) is 10.3. The van der Waals surface area contributed by atoms with Gasteiger partial charge in [-0.1, -0.05) is 64.7 Å². The molecular formula is C16H35ClN2O2. The Balaban J connectivity index is 0. The minimum absolute atomic E-state index is 0. The Labute approximate surface area is 136 Å². The molecule has 0 aliphatic carbocycles. The second kappa shape index (κ2) is 19.7. The highest BCUT2D eigenvalue weighted by Gasteiger charge is 1.95. The molecule has 128 valence electrons. The average Bonchev–Trinajstić information content (AvgIpc) is 2.43. The summed E-state index contributed by atoms with van der Waals surface area (Å²) in [6.45, 7) is 4.94. The van der Waals surface area contributed by atoms with Crippen molar-refractivity contribution in [2.75, 3.05) is 26.2 Å². The van der Waals surface area contributed by atoms with E-state index in [1.54, 1.807) is 0 Å². The van der Waals surface area contributed by atoms with E-state index < -0.39 is 5.97 Å². The van der Waals surface area contributed by atoms with E-state index in [1.807, 2.05) is 0 Å². The number of nitrogens with one attached hydrogen (secondary N) is 2. The third kappa shape index (κ3) is 22.1. The molecule has 0 amide bonds. The molecule has 0 heterocycles. The summed E-state index contributed by atoms with van der Waals surface area (Å²) in [5, 5.41) is 14.6. The second-order valence-electron chi connectivity index (χ2n) is 5.50. The first-order valence-electron chi connectivity index (χ1n) is 8.40. The Kier molecular flexibility index (Phi) is 21.5. The van der Waals surface area contributed by atoms with Crippen molar-refractivity contribution in [1.29, 1.82) is 0 Å². The normalized spacial score (nSPS) is 10.3. The van der Waals surface area contributed by atoms with Gasteiger partial charge in [0.2, 0.25) is 0 Å². The molecule has 5 heteroatoms. The molecular weight excluding hydrogens is 288 g/mol. The minimum atomic E-state index is -0.792. The Morgan fingerprint density at radius 3 is 1.76 bits per heavy atom. The Bertz CT molecular complexity index is 216. The third-order valence-electron chi connectivity index (χ3n) is 3.46. The zero-order valence-electron chi connectivity index (χ0n) is 13.7. The van der Waals surface area contributed by atoms with E-state index >= 15 is 0 Å². The zero-order chi connectivity index (χ0) is 14.9. The van der Waals surface area contributed by atoms with Gasteiger partial charge in [0.25, 0.3) is 0 Å². The topological polar surface area (TPSA) is 61.4 Å². The fourth-order valence-corrected chi connectivity index (χ4v) is 2.23. The number of carboxylic acids is 1. The molecule has 0 aliphatic rings. The van der Waals surface area contributed by atoms with Crippen LogP contribution in [-0.2, 0) is 4.79 Å². The van der Waals surface area contributed by atoms with E-state index in [1.165, 1.54) is 64.2 Å². The summed E-state index contributed by atoms with van der Waals surface area (Å²) in [5.74, 6) is -0.792. The van der Waals surface area contributed by atoms with Crippen LogP contribution in [0, 0.1) is 0 Å². The van der Waals surface area contributed by atoms with E-state index in [-0.39, 0.29) is 19.0 Å². The Morgan fingerprint density at radius 2 is 1.24 bits per heavy atom. The van der Waals surface area contributed by atoms with Crippen LogP contribution in [0.1, 0.15) is 71.1 Å². The van der Waals surface area contributed by atoms with Crippen LogP contribution in [0.5, 0.6) is 0 Å². The SMILES string of the molecule is CCCCCCCCCCCCNCCNCC(=O)O.Cl. The van der Waals surface area contributed by atoms with Crippen molar-refractivity contribution >= 4 is 18.4 Å². The van der Waals surface area contributed by atoms with Crippen LogP contribution >= 0.6 is 12.4 Å². The van der Waals surface area contributed by atoms with Crippen molar-refractivity contribution in [3.8, 4) is 0 Å². The first-order chi connectivity index (χ1) is 9.77. The summed E-state index contributed by atoms with van der Waals surface area (Å²) in [6.07, 6.45) is 13.6. The van der Waals surface area contributed by atoms with Crippen LogP contribution in [0.2, 0.25) is 0 Å². The van der Waals surface area contributed by atoms with Crippen molar-refractivity contribution in [2.24, 2.45) is 0 Å². The maximum absolute atomic E-state index is 10.3. The predicted octanol–water partition coefficient (Wildman–Crippen LogP) is 3.59. The van der Waals surface area contributed by atoms with Crippen molar-refractivity contribution in [2.45, 2.75) is 71.1 Å². The standard InChI is InChI=1S/C16H34N2O2.ClH/c1-2-3-4-5-6-7-8-9-10-11-12-17-13-14-18-15-16(19)20;/h17-18H,2-15H2,1H3,(H,19,20);1H. The highest BCUT2D eigenvalue weighted by molar-refractivity contribution is 5.85. The van der Waals surface area contributed by atoms with Crippen LogP contribution < -0.4 is 10.6 Å². The number of carboxylic acid groups (broad SMARTS) is 1. The molecule has 0 fully saturated rings. The van der Waals surface area contributed by atoms with Crippen LogP contribution in [0.3, 0.4) is 0 Å². The molecule has 0 radical (unpaired) electrons. The molecule has 0 aliphatic heterocycles. The first kappa shape index (κ1) is 23.0. The minimum Gasteiger partial charge on any atom is -0.480 e. The largest absolute Gasteiger partial charge is 0.480 e. The molecule has 0 unspecified atom stereocenters. The van der Waals surface area contributed by atoms with Crippen LogP contribution in [0.15, 0.2) is 0 Å². The van der Waals surface area contributed by atoms with Gasteiger partial charge in [-0.25, -0.2) is 0 Å². The summed E-state index contributed by atoms with van der Waals surface area (Å²) < 4.78 is 0. The lowest BCUT2D eigenvalue weighted by molar-refractivity contribution is -0.135. The van der Waals surface area contributed by atoms with Crippen molar-refractivity contribution in [3.63, 3.8) is 0 Å². The number of hydrogen-bond donors (Lipinski definition) is 3. The van der Waals surface area contributed by atoms with Gasteiger partial charge < -0.3 is 15.7 Å². The lowest BCUT2D eigenvalue weighted by Crippen LogP contribution is -2.31. The van der Waals surface area contributed by atoms with Crippen LogP contribution in [-0.4, -0.2) is 37.3 Å². The molecule has 0 atom stereocenters. The number of halogens is 1. The lowest BCUT2D eigenvalue weighted by Gasteiger charge is -2.05. The smallest absolute Gasteiger partial charge is 0.317 e. The highest BCUT2D eigenvalue weighted by Crippen LogP contribution is 2.10. The van der Waals surface area contributed by atoms with Gasteiger partial charge in [-0.2, -0.15) is 0 Å². The molecule has 0 rings (SSSR count). The monoisotopic (exact) mass is 322 g/mol. The van der Waals surface area contributed by atoms with Crippen LogP contribution in [0.4, 0.5) is 0 Å². The van der Waals surface area contributed by atoms with E-state index in [2.05, 4.69) is 17.6 Å². The van der Waals surface area contributed by atoms with Crippen molar-refractivity contribution < 1.29 is 9.90 Å². The first-order valence-corrected chi connectivity index (χ1v) is 8.40. The van der Waals surface area contributed by atoms with Gasteiger partial charge in [0.05, 0.1) is 6.54 Å². The molecule has 21 heavy (non-hydrogen) atoms. The lowest BCUT2D eigenvalue weighted by atomic mass is 10.1. The summed E-state index contributed by atoms with van der Waals surface area (Å²) in [6, 6.07) is 0. The number of unbranched alkanes of at least 4 members (excludes halogenated alkanes) is 9. The fraction of sp³-hybridized carbons (Fsp3) is 0.938. The number of carbonyl (C=O) groups is 1. The number of aliphatic carboxylic acids is 1. The van der Waals surface area contributed by atoms with Gasteiger partial charge in [-0.3, -0.25) is 4.79 Å². The molecule has 4 nitrogen and oxygen atoms in total. The molecule has 3 N–H and O–H groups in total. The average molecular weight is 323 g/mol. The summed E-state index contributed by atoms with van der Waals surface area (Å²) in [7, 11) is 0. The number of hydrogen-bond acceptors (Lipinski definition) is 3. The van der Waals surface area contributed by atoms with Crippen molar-refractivity contribution in [3.05, 3.63) is 0 Å². The maximum atomic E-state index is 10.3. The molecule has 0 saturated heterocycles. The van der Waals surface area contributed by atoms with Crippen molar-refractivity contribution in [1.82, 2.24) is 10.6 Å². The summed E-state index contributed by atoms with van der Waals surface area (Å²) in [5.41, 5.74) is 0. The van der Waals surface area contributed by atoms with Gasteiger partial charge in [0.1, 0.15) is 0 Å². The molecule has 0 spiro atoms. The highest BCUT2D eigenvalue weighted by atomic mass is 35.5. The maximum Gasteiger partial charge on any atom is 0.317 e.